The van der Waals surface area contributed by atoms with E-state index in [2.05, 4.69) is 20.4 Å². The van der Waals surface area contributed by atoms with Crippen molar-refractivity contribution in [1.82, 2.24) is 10.6 Å². The highest BCUT2D eigenvalue weighted by Gasteiger charge is 2.09. The van der Waals surface area contributed by atoms with E-state index in [4.69, 9.17) is 9.47 Å². The summed E-state index contributed by atoms with van der Waals surface area (Å²) in [5.74, 6) is 2.20. The van der Waals surface area contributed by atoms with E-state index in [9.17, 15) is 8.78 Å². The van der Waals surface area contributed by atoms with Crippen LogP contribution in [0.1, 0.15) is 12.0 Å². The number of halogens is 2. The van der Waals surface area contributed by atoms with Crippen molar-refractivity contribution in [3.8, 4) is 17.2 Å². The highest BCUT2D eigenvalue weighted by Crippen LogP contribution is 2.20. The first-order valence-electron chi connectivity index (χ1n) is 8.86. The summed E-state index contributed by atoms with van der Waals surface area (Å²) >= 11 is 0. The van der Waals surface area contributed by atoms with Crippen molar-refractivity contribution >= 4 is 5.96 Å². The predicted molar refractivity (Wildman–Crippen MR) is 104 cm³/mol. The van der Waals surface area contributed by atoms with E-state index in [1.165, 1.54) is 6.07 Å². The molecule has 0 unspecified atom stereocenters. The number of hydrogen-bond acceptors (Lipinski definition) is 4. The van der Waals surface area contributed by atoms with Crippen LogP contribution in [0.25, 0.3) is 0 Å². The second-order valence-corrected chi connectivity index (χ2v) is 5.72. The molecule has 2 aromatic carbocycles. The molecule has 0 atom stereocenters. The molecule has 8 heteroatoms. The van der Waals surface area contributed by atoms with Crippen LogP contribution in [0.2, 0.25) is 0 Å². The van der Waals surface area contributed by atoms with Crippen LogP contribution < -0.4 is 24.8 Å². The molecule has 0 spiro atoms. The van der Waals surface area contributed by atoms with Gasteiger partial charge in [0, 0.05) is 31.8 Å². The molecule has 2 N–H and O–H groups in total. The minimum Gasteiger partial charge on any atom is -0.497 e. The molecule has 28 heavy (non-hydrogen) atoms. The Labute approximate surface area is 163 Å². The summed E-state index contributed by atoms with van der Waals surface area (Å²) in [7, 11) is 3.25. The van der Waals surface area contributed by atoms with Crippen LogP contribution in [0.3, 0.4) is 0 Å². The van der Waals surface area contributed by atoms with Gasteiger partial charge >= 0.3 is 6.61 Å². The fourth-order valence-corrected chi connectivity index (χ4v) is 2.42. The molecule has 0 aliphatic rings. The number of para-hydroxylation sites is 1. The quantitative estimate of drug-likeness (QED) is 0.368. The Morgan fingerprint density at radius 2 is 1.86 bits per heavy atom. The molecule has 0 amide bonds. The van der Waals surface area contributed by atoms with Gasteiger partial charge in [0.25, 0.3) is 0 Å². The molecular weight excluding hydrogens is 368 g/mol. The van der Waals surface area contributed by atoms with Crippen molar-refractivity contribution in [3.05, 3.63) is 54.1 Å². The zero-order valence-electron chi connectivity index (χ0n) is 16.0. The van der Waals surface area contributed by atoms with Gasteiger partial charge in [-0.1, -0.05) is 24.3 Å². The van der Waals surface area contributed by atoms with E-state index in [0.717, 1.165) is 17.9 Å². The summed E-state index contributed by atoms with van der Waals surface area (Å²) in [5, 5.41) is 6.23. The fraction of sp³-hybridized carbons (Fsp3) is 0.350. The summed E-state index contributed by atoms with van der Waals surface area (Å²) in [6.07, 6.45) is 0.753. The van der Waals surface area contributed by atoms with Crippen LogP contribution in [0.5, 0.6) is 17.2 Å². The van der Waals surface area contributed by atoms with E-state index in [1.54, 1.807) is 32.4 Å². The van der Waals surface area contributed by atoms with Gasteiger partial charge in [-0.15, -0.1) is 0 Å². The van der Waals surface area contributed by atoms with Crippen molar-refractivity contribution in [1.29, 1.82) is 0 Å². The number of benzene rings is 2. The number of nitrogens with zero attached hydrogens (tertiary/aromatic N) is 1. The lowest BCUT2D eigenvalue weighted by atomic mass is 10.2. The standard InChI is InChI=1S/C20H25F2N3O3/c1-23-20(25-14-15-7-3-4-10-18(15)28-19(21)22)24-11-6-12-27-17-9-5-8-16(13-17)26-2/h3-5,7-10,13,19H,6,11-12,14H2,1-2H3,(H2,23,24,25). The van der Waals surface area contributed by atoms with Gasteiger partial charge in [0.15, 0.2) is 5.96 Å². The summed E-state index contributed by atoms with van der Waals surface area (Å²) < 4.78 is 40.3. The van der Waals surface area contributed by atoms with Gasteiger partial charge in [-0.25, -0.2) is 0 Å². The molecule has 0 aliphatic heterocycles. The zero-order valence-corrected chi connectivity index (χ0v) is 16.0. The molecule has 0 radical (unpaired) electrons. The van der Waals surface area contributed by atoms with Crippen LogP contribution >= 0.6 is 0 Å². The highest BCUT2D eigenvalue weighted by molar-refractivity contribution is 5.79. The van der Waals surface area contributed by atoms with E-state index in [0.29, 0.717) is 31.2 Å². The van der Waals surface area contributed by atoms with Gasteiger partial charge in [-0.3, -0.25) is 4.99 Å². The predicted octanol–water partition coefficient (Wildman–Crippen LogP) is 3.43. The minimum absolute atomic E-state index is 0.146. The van der Waals surface area contributed by atoms with Crippen molar-refractivity contribution in [2.45, 2.75) is 19.6 Å². The number of aliphatic imine (C=N–C) groups is 1. The van der Waals surface area contributed by atoms with Gasteiger partial charge in [0.05, 0.1) is 13.7 Å². The first-order chi connectivity index (χ1) is 13.6. The molecule has 0 saturated heterocycles. The second-order valence-electron chi connectivity index (χ2n) is 5.72. The number of hydrogen-bond donors (Lipinski definition) is 2. The monoisotopic (exact) mass is 393 g/mol. The normalized spacial score (nSPS) is 11.2. The Hall–Kier alpha value is -3.03. The Bertz CT molecular complexity index is 757. The fourth-order valence-electron chi connectivity index (χ4n) is 2.42. The number of nitrogens with one attached hydrogen (secondary N) is 2. The Morgan fingerprint density at radius 1 is 1.07 bits per heavy atom. The van der Waals surface area contributed by atoms with Crippen LogP contribution in [-0.2, 0) is 6.54 Å². The number of guanidine groups is 1. The van der Waals surface area contributed by atoms with Crippen molar-refractivity contribution in [3.63, 3.8) is 0 Å². The van der Waals surface area contributed by atoms with Crippen molar-refractivity contribution in [2.75, 3.05) is 27.3 Å². The zero-order chi connectivity index (χ0) is 20.2. The van der Waals surface area contributed by atoms with Crippen LogP contribution in [0.15, 0.2) is 53.5 Å². The molecule has 0 heterocycles. The molecule has 0 aromatic heterocycles. The lowest BCUT2D eigenvalue weighted by Crippen LogP contribution is -2.37. The van der Waals surface area contributed by atoms with Gasteiger partial charge in [-0.2, -0.15) is 8.78 Å². The Balaban J connectivity index is 1.72. The smallest absolute Gasteiger partial charge is 0.387 e. The highest BCUT2D eigenvalue weighted by atomic mass is 19.3. The largest absolute Gasteiger partial charge is 0.497 e. The van der Waals surface area contributed by atoms with Crippen LogP contribution in [-0.4, -0.2) is 39.9 Å². The number of alkyl halides is 2. The van der Waals surface area contributed by atoms with Crippen molar-refractivity contribution < 1.29 is 23.0 Å². The van der Waals surface area contributed by atoms with Gasteiger partial charge in [0.2, 0.25) is 0 Å². The van der Waals surface area contributed by atoms with Crippen LogP contribution in [0, 0.1) is 0 Å². The maximum atomic E-state index is 12.5. The Kier molecular flexibility index (Phi) is 8.84. The van der Waals surface area contributed by atoms with Gasteiger partial charge in [0.1, 0.15) is 17.2 Å². The number of rotatable bonds is 10. The SMILES string of the molecule is CN=C(NCCCOc1cccc(OC)c1)NCc1ccccc1OC(F)F. The number of ether oxygens (including phenoxy) is 3. The number of methoxy groups -OCH3 is 1. The van der Waals surface area contributed by atoms with Gasteiger partial charge in [-0.05, 0) is 24.6 Å². The third-order valence-corrected chi connectivity index (χ3v) is 3.78. The molecule has 0 aliphatic carbocycles. The molecule has 152 valence electrons. The first kappa shape index (κ1) is 21.3. The van der Waals surface area contributed by atoms with E-state index < -0.39 is 6.61 Å². The maximum absolute atomic E-state index is 12.5. The van der Waals surface area contributed by atoms with E-state index in [-0.39, 0.29) is 5.75 Å². The summed E-state index contributed by atoms with van der Waals surface area (Å²) in [4.78, 5) is 4.12. The lowest BCUT2D eigenvalue weighted by Gasteiger charge is -2.14. The first-order valence-corrected chi connectivity index (χ1v) is 8.86. The summed E-state index contributed by atoms with van der Waals surface area (Å²) in [5.41, 5.74) is 0.618. The average molecular weight is 393 g/mol. The molecule has 2 rings (SSSR count). The molecule has 0 fully saturated rings. The van der Waals surface area contributed by atoms with Crippen molar-refractivity contribution in [2.24, 2.45) is 4.99 Å². The van der Waals surface area contributed by atoms with Crippen LogP contribution in [0.4, 0.5) is 8.78 Å². The maximum Gasteiger partial charge on any atom is 0.387 e. The molecule has 2 aromatic rings. The third kappa shape index (κ3) is 7.30. The summed E-state index contributed by atoms with van der Waals surface area (Å²) in [6, 6.07) is 14.1. The van der Waals surface area contributed by atoms with Gasteiger partial charge < -0.3 is 24.8 Å². The van der Waals surface area contributed by atoms with E-state index in [1.807, 2.05) is 24.3 Å². The minimum atomic E-state index is -2.86. The third-order valence-electron chi connectivity index (χ3n) is 3.78. The lowest BCUT2D eigenvalue weighted by molar-refractivity contribution is -0.0504. The molecule has 6 nitrogen and oxygen atoms in total. The summed E-state index contributed by atoms with van der Waals surface area (Å²) in [6.45, 7) is -1.38. The average Bonchev–Trinajstić information content (AvgIpc) is 2.70. The topological polar surface area (TPSA) is 64.1 Å². The molecule has 0 bridgehead atoms. The molecule has 0 saturated carbocycles. The second kappa shape index (κ2) is 11.6. The molecular formula is C20H25F2N3O3. The Morgan fingerprint density at radius 3 is 2.61 bits per heavy atom. The van der Waals surface area contributed by atoms with E-state index >= 15 is 0 Å².